The van der Waals surface area contributed by atoms with Gasteiger partial charge in [0.15, 0.2) is 5.82 Å². The van der Waals surface area contributed by atoms with Crippen LogP contribution in [0.5, 0.6) is 0 Å². The maximum Gasteiger partial charge on any atom is 0.245 e. The number of nitrogens with zero attached hydrogens (tertiary/aromatic N) is 3. The van der Waals surface area contributed by atoms with Crippen molar-refractivity contribution >= 4 is 5.95 Å². The summed E-state index contributed by atoms with van der Waals surface area (Å²) in [6.45, 7) is 6.13. The Bertz CT molecular complexity index is 523. The van der Waals surface area contributed by atoms with Crippen LogP contribution in [0, 0.1) is 6.92 Å². The molecule has 0 saturated carbocycles. The second-order valence-electron chi connectivity index (χ2n) is 4.94. The number of anilines is 1. The van der Waals surface area contributed by atoms with E-state index in [-0.39, 0.29) is 0 Å². The monoisotopic (exact) mass is 257 g/mol. The largest absolute Gasteiger partial charge is 0.338 e. The van der Waals surface area contributed by atoms with Crippen molar-refractivity contribution in [3.63, 3.8) is 0 Å². The molecule has 3 rings (SSSR count). The molecule has 0 spiro atoms. The molecule has 1 fully saturated rings. The number of aromatic nitrogens is 3. The van der Waals surface area contributed by atoms with E-state index in [1.807, 2.05) is 0 Å². The molecular formula is C14H19N5. The van der Waals surface area contributed by atoms with E-state index in [0.717, 1.165) is 49.9 Å². The third-order valence-corrected chi connectivity index (χ3v) is 3.42. The summed E-state index contributed by atoms with van der Waals surface area (Å²) in [6, 6.07) is 8.33. The third-order valence-electron chi connectivity index (χ3n) is 3.42. The molecule has 19 heavy (non-hydrogen) atoms. The van der Waals surface area contributed by atoms with Gasteiger partial charge < -0.3 is 10.2 Å². The predicted molar refractivity (Wildman–Crippen MR) is 76.3 cm³/mol. The number of hydrogen-bond acceptors (Lipinski definition) is 4. The highest BCUT2D eigenvalue weighted by molar-refractivity contribution is 5.56. The van der Waals surface area contributed by atoms with Crippen LogP contribution in [0.15, 0.2) is 24.3 Å². The maximum atomic E-state index is 4.61. The van der Waals surface area contributed by atoms with Gasteiger partial charge >= 0.3 is 0 Å². The molecule has 5 heteroatoms. The number of H-pyrrole nitrogens is 1. The summed E-state index contributed by atoms with van der Waals surface area (Å²) in [7, 11) is 0. The molecule has 1 aromatic heterocycles. The molecule has 0 radical (unpaired) electrons. The summed E-state index contributed by atoms with van der Waals surface area (Å²) < 4.78 is 0. The van der Waals surface area contributed by atoms with Crippen LogP contribution in [-0.2, 0) is 0 Å². The van der Waals surface area contributed by atoms with Gasteiger partial charge in [-0.15, -0.1) is 5.10 Å². The third kappa shape index (κ3) is 2.76. The molecular weight excluding hydrogens is 238 g/mol. The van der Waals surface area contributed by atoms with Crippen LogP contribution in [0.1, 0.15) is 12.0 Å². The Labute approximate surface area is 113 Å². The lowest BCUT2D eigenvalue weighted by Gasteiger charge is -2.16. The molecule has 2 aromatic rings. The minimum Gasteiger partial charge on any atom is -0.338 e. The Morgan fingerprint density at radius 2 is 1.95 bits per heavy atom. The van der Waals surface area contributed by atoms with Crippen LogP contribution in [0.4, 0.5) is 5.95 Å². The van der Waals surface area contributed by atoms with Crippen LogP contribution in [0.25, 0.3) is 11.4 Å². The molecule has 0 amide bonds. The van der Waals surface area contributed by atoms with Crippen molar-refractivity contribution in [3.8, 4) is 11.4 Å². The maximum absolute atomic E-state index is 4.61. The number of benzene rings is 1. The zero-order chi connectivity index (χ0) is 13.1. The lowest BCUT2D eigenvalue weighted by atomic mass is 10.1. The number of aromatic amines is 1. The van der Waals surface area contributed by atoms with E-state index in [4.69, 9.17) is 0 Å². The lowest BCUT2D eigenvalue weighted by molar-refractivity contribution is 0.724. The molecule has 0 unspecified atom stereocenters. The molecule has 100 valence electrons. The summed E-state index contributed by atoms with van der Waals surface area (Å²) >= 11 is 0. The smallest absolute Gasteiger partial charge is 0.245 e. The summed E-state index contributed by atoms with van der Waals surface area (Å²) in [6.07, 6.45) is 1.13. The van der Waals surface area contributed by atoms with Gasteiger partial charge in [0.05, 0.1) is 0 Å². The number of hydrogen-bond donors (Lipinski definition) is 2. The van der Waals surface area contributed by atoms with Gasteiger partial charge in [0.2, 0.25) is 5.95 Å². The Morgan fingerprint density at radius 1 is 1.11 bits per heavy atom. The first-order valence-electron chi connectivity index (χ1n) is 6.78. The van der Waals surface area contributed by atoms with Gasteiger partial charge in [-0.1, -0.05) is 29.8 Å². The van der Waals surface area contributed by atoms with Crippen LogP contribution < -0.4 is 10.2 Å². The van der Waals surface area contributed by atoms with E-state index >= 15 is 0 Å². The van der Waals surface area contributed by atoms with Crippen molar-refractivity contribution in [1.82, 2.24) is 20.5 Å². The van der Waals surface area contributed by atoms with Crippen molar-refractivity contribution in [1.29, 1.82) is 0 Å². The van der Waals surface area contributed by atoms with Gasteiger partial charge in [-0.2, -0.15) is 4.98 Å². The molecule has 1 saturated heterocycles. The zero-order valence-electron chi connectivity index (χ0n) is 11.2. The minimum atomic E-state index is 0.805. The normalized spacial score (nSPS) is 16.4. The first-order chi connectivity index (χ1) is 9.33. The molecule has 1 aromatic carbocycles. The van der Waals surface area contributed by atoms with Gasteiger partial charge in [0.1, 0.15) is 0 Å². The van der Waals surface area contributed by atoms with Crippen LogP contribution >= 0.6 is 0 Å². The van der Waals surface area contributed by atoms with E-state index in [9.17, 15) is 0 Å². The summed E-state index contributed by atoms with van der Waals surface area (Å²) in [5, 5.41) is 10.8. The van der Waals surface area contributed by atoms with Crippen molar-refractivity contribution < 1.29 is 0 Å². The second-order valence-corrected chi connectivity index (χ2v) is 4.94. The van der Waals surface area contributed by atoms with E-state index in [2.05, 4.69) is 56.6 Å². The minimum absolute atomic E-state index is 0.805. The fraction of sp³-hybridized carbons (Fsp3) is 0.429. The summed E-state index contributed by atoms with van der Waals surface area (Å²) in [5.41, 5.74) is 2.33. The van der Waals surface area contributed by atoms with Gasteiger partial charge in [0, 0.05) is 25.2 Å². The molecule has 2 heterocycles. The van der Waals surface area contributed by atoms with Crippen LogP contribution in [0.2, 0.25) is 0 Å². The molecule has 0 bridgehead atoms. The average molecular weight is 257 g/mol. The van der Waals surface area contributed by atoms with E-state index in [0.29, 0.717) is 0 Å². The molecule has 1 aliphatic rings. The zero-order valence-corrected chi connectivity index (χ0v) is 11.2. The molecule has 0 atom stereocenters. The van der Waals surface area contributed by atoms with Crippen molar-refractivity contribution in [2.45, 2.75) is 13.3 Å². The van der Waals surface area contributed by atoms with Gasteiger partial charge in [-0.05, 0) is 19.9 Å². The highest BCUT2D eigenvalue weighted by atomic mass is 15.4. The highest BCUT2D eigenvalue weighted by Gasteiger charge is 2.14. The first kappa shape index (κ1) is 12.2. The van der Waals surface area contributed by atoms with Gasteiger partial charge in [0.25, 0.3) is 0 Å². The topological polar surface area (TPSA) is 56.8 Å². The van der Waals surface area contributed by atoms with Crippen molar-refractivity contribution in [3.05, 3.63) is 29.8 Å². The van der Waals surface area contributed by atoms with Crippen LogP contribution in [-0.4, -0.2) is 41.4 Å². The van der Waals surface area contributed by atoms with Gasteiger partial charge in [-0.25, -0.2) is 0 Å². The van der Waals surface area contributed by atoms with Crippen LogP contribution in [0.3, 0.4) is 0 Å². The lowest BCUT2D eigenvalue weighted by Crippen LogP contribution is -2.28. The first-order valence-corrected chi connectivity index (χ1v) is 6.78. The SMILES string of the molecule is Cc1ccc(-c2nc(N3CCCNCC3)n[nH]2)cc1. The summed E-state index contributed by atoms with van der Waals surface area (Å²) in [5.74, 6) is 1.64. The number of nitrogens with one attached hydrogen (secondary N) is 2. The van der Waals surface area contributed by atoms with Crippen molar-refractivity contribution in [2.24, 2.45) is 0 Å². The fourth-order valence-corrected chi connectivity index (χ4v) is 2.28. The molecule has 1 aliphatic heterocycles. The standard InChI is InChI=1S/C14H19N5/c1-11-3-5-12(6-4-11)13-16-14(18-17-13)19-9-2-7-15-8-10-19/h3-6,15H,2,7-10H2,1H3,(H,16,17,18). The number of aryl methyl sites for hydroxylation is 1. The quantitative estimate of drug-likeness (QED) is 0.857. The Kier molecular flexibility index (Phi) is 3.46. The Morgan fingerprint density at radius 3 is 2.79 bits per heavy atom. The molecule has 5 nitrogen and oxygen atoms in total. The van der Waals surface area contributed by atoms with Crippen molar-refractivity contribution in [2.75, 3.05) is 31.1 Å². The van der Waals surface area contributed by atoms with Gasteiger partial charge in [-0.3, -0.25) is 5.10 Å². The second kappa shape index (κ2) is 5.40. The Hall–Kier alpha value is -1.88. The molecule has 2 N–H and O–H groups in total. The van der Waals surface area contributed by atoms with E-state index in [1.54, 1.807) is 0 Å². The Balaban J connectivity index is 1.80. The molecule has 0 aliphatic carbocycles. The van der Waals surface area contributed by atoms with E-state index in [1.165, 1.54) is 5.56 Å². The summed E-state index contributed by atoms with van der Waals surface area (Å²) in [4.78, 5) is 6.84. The fourth-order valence-electron chi connectivity index (χ4n) is 2.28. The average Bonchev–Trinajstić information content (AvgIpc) is 2.76. The predicted octanol–water partition coefficient (Wildman–Crippen LogP) is 1.58. The highest BCUT2D eigenvalue weighted by Crippen LogP contribution is 2.18. The number of rotatable bonds is 2. The van der Waals surface area contributed by atoms with E-state index < -0.39 is 0 Å².